The van der Waals surface area contributed by atoms with Crippen molar-refractivity contribution in [2.45, 2.75) is 0 Å². The maximum atomic E-state index is 12.5. The number of hydrogen-bond acceptors (Lipinski definition) is 3. The monoisotopic (exact) mass is 335 g/mol. The van der Waals surface area contributed by atoms with Gasteiger partial charge in [-0.25, -0.2) is 9.59 Å². The van der Waals surface area contributed by atoms with E-state index in [4.69, 9.17) is 5.11 Å². The molecule has 0 fully saturated rings. The molecule has 0 spiro atoms. The molecule has 0 aliphatic carbocycles. The average molecular weight is 335 g/mol. The van der Waals surface area contributed by atoms with E-state index < -0.39 is 17.8 Å². The fourth-order valence-electron chi connectivity index (χ4n) is 2.62. The molecule has 25 heavy (non-hydrogen) atoms. The Morgan fingerprint density at radius 3 is 2.28 bits per heavy atom. The Balaban J connectivity index is 2.03. The van der Waals surface area contributed by atoms with Crippen molar-refractivity contribution >= 4 is 34.3 Å². The first-order valence-corrected chi connectivity index (χ1v) is 7.37. The molecule has 1 amide bonds. The molecule has 0 atom stereocenters. The van der Waals surface area contributed by atoms with Gasteiger partial charge in [0, 0.05) is 5.69 Å². The van der Waals surface area contributed by atoms with E-state index in [0.29, 0.717) is 10.8 Å². The first-order valence-electron chi connectivity index (χ1n) is 7.37. The third kappa shape index (κ3) is 3.18. The predicted octanol–water partition coefficient (Wildman–Crippen LogP) is 3.49. The van der Waals surface area contributed by atoms with Crippen molar-refractivity contribution in [2.75, 3.05) is 5.32 Å². The molecule has 0 aliphatic rings. The van der Waals surface area contributed by atoms with Gasteiger partial charge in [-0.1, -0.05) is 36.4 Å². The Bertz CT molecular complexity index is 1010. The molecule has 3 aromatic carbocycles. The van der Waals surface area contributed by atoms with Gasteiger partial charge in [-0.2, -0.15) is 0 Å². The molecule has 3 N–H and O–H groups in total. The minimum absolute atomic E-state index is 0.00641. The van der Waals surface area contributed by atoms with Gasteiger partial charge >= 0.3 is 11.9 Å². The molecule has 0 radical (unpaired) electrons. The van der Waals surface area contributed by atoms with E-state index in [-0.39, 0.29) is 22.4 Å². The zero-order valence-corrected chi connectivity index (χ0v) is 12.9. The first kappa shape index (κ1) is 16.2. The zero-order valence-electron chi connectivity index (χ0n) is 12.9. The van der Waals surface area contributed by atoms with Crippen LogP contribution in [-0.2, 0) is 0 Å². The highest BCUT2D eigenvalue weighted by Crippen LogP contribution is 2.24. The van der Waals surface area contributed by atoms with Crippen LogP contribution in [0.3, 0.4) is 0 Å². The van der Waals surface area contributed by atoms with Crippen molar-refractivity contribution in [3.05, 3.63) is 77.4 Å². The maximum Gasteiger partial charge on any atom is 0.337 e. The predicted molar refractivity (Wildman–Crippen MR) is 92.3 cm³/mol. The summed E-state index contributed by atoms with van der Waals surface area (Å²) in [5.74, 6) is -2.94. The van der Waals surface area contributed by atoms with Gasteiger partial charge in [-0.3, -0.25) is 4.79 Å². The second-order valence-electron chi connectivity index (χ2n) is 5.35. The summed E-state index contributed by atoms with van der Waals surface area (Å²) in [6, 6.07) is 15.7. The van der Waals surface area contributed by atoms with Crippen LogP contribution in [0.25, 0.3) is 10.8 Å². The molecule has 0 unspecified atom stereocenters. The summed E-state index contributed by atoms with van der Waals surface area (Å²) in [4.78, 5) is 35.2. The standard InChI is InChI=1S/C19H13NO5/c21-17(20-13-6-3-5-12(10-13)18(22)23)15-9-8-11-4-1-2-7-14(11)16(15)19(24)25/h1-10H,(H,20,21)(H,22,23)(H,24,25). The Kier molecular flexibility index (Phi) is 4.18. The van der Waals surface area contributed by atoms with Crippen molar-refractivity contribution in [1.82, 2.24) is 0 Å². The molecule has 0 saturated carbocycles. The molecule has 0 bridgehead atoms. The summed E-state index contributed by atoms with van der Waals surface area (Å²) < 4.78 is 0. The molecule has 0 aromatic heterocycles. The molecule has 124 valence electrons. The van der Waals surface area contributed by atoms with Gasteiger partial charge in [0.1, 0.15) is 0 Å². The number of amides is 1. The fourth-order valence-corrected chi connectivity index (χ4v) is 2.62. The van der Waals surface area contributed by atoms with Gasteiger partial charge in [0.05, 0.1) is 16.7 Å². The quantitative estimate of drug-likeness (QED) is 0.677. The smallest absolute Gasteiger partial charge is 0.337 e. The van der Waals surface area contributed by atoms with Crippen molar-refractivity contribution in [1.29, 1.82) is 0 Å². The minimum Gasteiger partial charge on any atom is -0.478 e. The van der Waals surface area contributed by atoms with Gasteiger partial charge in [0.25, 0.3) is 5.91 Å². The number of nitrogens with one attached hydrogen (secondary N) is 1. The largest absolute Gasteiger partial charge is 0.478 e. The number of carbonyl (C=O) groups is 3. The van der Waals surface area contributed by atoms with E-state index in [1.165, 1.54) is 30.3 Å². The number of rotatable bonds is 4. The second kappa shape index (κ2) is 6.45. The highest BCUT2D eigenvalue weighted by atomic mass is 16.4. The van der Waals surface area contributed by atoms with E-state index >= 15 is 0 Å². The molecule has 3 aromatic rings. The number of anilines is 1. The summed E-state index contributed by atoms with van der Waals surface area (Å²) in [6.07, 6.45) is 0. The Morgan fingerprint density at radius 1 is 0.800 bits per heavy atom. The summed E-state index contributed by atoms with van der Waals surface area (Å²) in [5, 5.41) is 22.3. The van der Waals surface area contributed by atoms with Crippen LogP contribution < -0.4 is 5.32 Å². The van der Waals surface area contributed by atoms with Gasteiger partial charge in [-0.15, -0.1) is 0 Å². The van der Waals surface area contributed by atoms with E-state index in [1.54, 1.807) is 30.3 Å². The molecular weight excluding hydrogens is 322 g/mol. The van der Waals surface area contributed by atoms with Crippen LogP contribution in [0.4, 0.5) is 5.69 Å². The van der Waals surface area contributed by atoms with Crippen molar-refractivity contribution < 1.29 is 24.6 Å². The summed E-state index contributed by atoms with van der Waals surface area (Å²) in [6.45, 7) is 0. The summed E-state index contributed by atoms with van der Waals surface area (Å²) in [7, 11) is 0. The molecule has 0 aliphatic heterocycles. The van der Waals surface area contributed by atoms with Crippen molar-refractivity contribution in [3.8, 4) is 0 Å². The number of carboxylic acids is 2. The maximum absolute atomic E-state index is 12.5. The topological polar surface area (TPSA) is 104 Å². The zero-order chi connectivity index (χ0) is 18.0. The Hall–Kier alpha value is -3.67. The molecule has 6 nitrogen and oxygen atoms in total. The normalized spacial score (nSPS) is 10.4. The lowest BCUT2D eigenvalue weighted by atomic mass is 9.98. The highest BCUT2D eigenvalue weighted by Gasteiger charge is 2.20. The van der Waals surface area contributed by atoms with Gasteiger partial charge in [0.2, 0.25) is 0 Å². The second-order valence-corrected chi connectivity index (χ2v) is 5.35. The Morgan fingerprint density at radius 2 is 1.56 bits per heavy atom. The van der Waals surface area contributed by atoms with E-state index in [2.05, 4.69) is 5.32 Å². The molecular formula is C19H13NO5. The van der Waals surface area contributed by atoms with Crippen LogP contribution in [0.2, 0.25) is 0 Å². The molecule has 6 heteroatoms. The molecule has 3 rings (SSSR count). The third-order valence-electron chi connectivity index (χ3n) is 3.75. The van der Waals surface area contributed by atoms with Crippen molar-refractivity contribution in [3.63, 3.8) is 0 Å². The van der Waals surface area contributed by atoms with E-state index in [1.807, 2.05) is 0 Å². The van der Waals surface area contributed by atoms with Gasteiger partial charge in [-0.05, 0) is 35.0 Å². The van der Waals surface area contributed by atoms with Gasteiger partial charge < -0.3 is 15.5 Å². The highest BCUT2D eigenvalue weighted by molar-refractivity contribution is 6.16. The SMILES string of the molecule is O=C(O)c1cccc(NC(=O)c2ccc3ccccc3c2C(=O)O)c1. The lowest BCUT2D eigenvalue weighted by Crippen LogP contribution is -2.17. The third-order valence-corrected chi connectivity index (χ3v) is 3.75. The number of hydrogen-bond donors (Lipinski definition) is 3. The summed E-state index contributed by atoms with van der Waals surface area (Å²) >= 11 is 0. The van der Waals surface area contributed by atoms with E-state index in [0.717, 1.165) is 0 Å². The van der Waals surface area contributed by atoms with Crippen LogP contribution in [0.1, 0.15) is 31.1 Å². The van der Waals surface area contributed by atoms with Gasteiger partial charge in [0.15, 0.2) is 0 Å². The molecule has 0 heterocycles. The number of carboxylic acid groups (broad SMARTS) is 2. The summed E-state index contributed by atoms with van der Waals surface area (Å²) in [5.41, 5.74) is 0.209. The lowest BCUT2D eigenvalue weighted by molar-refractivity contribution is 0.0686. The van der Waals surface area contributed by atoms with Crippen LogP contribution in [-0.4, -0.2) is 28.1 Å². The lowest BCUT2D eigenvalue weighted by Gasteiger charge is -2.11. The van der Waals surface area contributed by atoms with E-state index in [9.17, 15) is 19.5 Å². The van der Waals surface area contributed by atoms with Crippen molar-refractivity contribution in [2.24, 2.45) is 0 Å². The minimum atomic E-state index is -1.21. The number of fused-ring (bicyclic) bond motifs is 1. The van der Waals surface area contributed by atoms with Crippen LogP contribution in [0, 0.1) is 0 Å². The number of carbonyl (C=O) groups excluding carboxylic acids is 1. The first-order chi connectivity index (χ1) is 12.0. The number of aromatic carboxylic acids is 2. The number of benzene rings is 3. The van der Waals surface area contributed by atoms with Crippen LogP contribution in [0.5, 0.6) is 0 Å². The Labute approximate surface area is 142 Å². The van der Waals surface area contributed by atoms with Crippen LogP contribution >= 0.6 is 0 Å². The average Bonchev–Trinajstić information content (AvgIpc) is 2.60. The fraction of sp³-hybridized carbons (Fsp3) is 0. The van der Waals surface area contributed by atoms with Crippen LogP contribution in [0.15, 0.2) is 60.7 Å². The molecule has 0 saturated heterocycles.